The summed E-state index contributed by atoms with van der Waals surface area (Å²) in [6.07, 6.45) is 1.64. The van der Waals surface area contributed by atoms with E-state index >= 15 is 0 Å². The van der Waals surface area contributed by atoms with Gasteiger partial charge in [0.2, 0.25) is 0 Å². The second kappa shape index (κ2) is 4.23. The van der Waals surface area contributed by atoms with Gasteiger partial charge in [-0.2, -0.15) is 0 Å². The predicted octanol–water partition coefficient (Wildman–Crippen LogP) is 1.72. The number of rotatable bonds is 2. The van der Waals surface area contributed by atoms with Crippen LogP contribution in [0, 0.1) is 0 Å². The Bertz CT molecular complexity index is 527. The summed E-state index contributed by atoms with van der Waals surface area (Å²) >= 11 is 0. The van der Waals surface area contributed by atoms with E-state index in [1.54, 1.807) is 42.6 Å². The molecule has 1 heterocycles. The lowest BCUT2D eigenvalue weighted by Crippen LogP contribution is -1.88. The van der Waals surface area contributed by atoms with Gasteiger partial charge in [-0.1, -0.05) is 24.3 Å². The van der Waals surface area contributed by atoms with Crippen LogP contribution in [0.15, 0.2) is 53.6 Å². The summed E-state index contributed by atoms with van der Waals surface area (Å²) in [6.45, 7) is 0. The Kier molecular flexibility index (Phi) is 2.78. The van der Waals surface area contributed by atoms with E-state index in [9.17, 15) is 8.42 Å². The summed E-state index contributed by atoms with van der Waals surface area (Å²) in [6, 6.07) is 12.2. The van der Waals surface area contributed by atoms with E-state index in [1.807, 2.05) is 6.07 Å². The molecular weight excluding hydrogens is 210 g/mol. The summed E-state index contributed by atoms with van der Waals surface area (Å²) in [5, 5.41) is 0. The first-order chi connectivity index (χ1) is 7.29. The van der Waals surface area contributed by atoms with Crippen LogP contribution in [0.2, 0.25) is 0 Å². The Labute approximate surface area is 89.4 Å². The van der Waals surface area contributed by atoms with Gasteiger partial charge in [0.1, 0.15) is 0 Å². The predicted molar refractivity (Wildman–Crippen MR) is 58.3 cm³/mol. The van der Waals surface area contributed by atoms with Gasteiger partial charge in [-0.25, -0.2) is 8.42 Å². The van der Waals surface area contributed by atoms with Crippen molar-refractivity contribution in [3.63, 3.8) is 0 Å². The molecule has 1 aromatic heterocycles. The van der Waals surface area contributed by atoms with Crippen molar-refractivity contribution < 1.29 is 8.42 Å². The van der Waals surface area contributed by atoms with E-state index in [4.69, 9.17) is 0 Å². The zero-order chi connectivity index (χ0) is 10.7. The molecule has 0 N–H and O–H groups in total. The highest BCUT2D eigenvalue weighted by Crippen LogP contribution is 2.21. The molecule has 1 aromatic carbocycles. The summed E-state index contributed by atoms with van der Waals surface area (Å²) in [4.78, 5) is 4.44. The van der Waals surface area contributed by atoms with Crippen LogP contribution in [-0.2, 0) is 10.7 Å². The second-order valence-electron chi connectivity index (χ2n) is 2.99. The quantitative estimate of drug-likeness (QED) is 0.782. The molecule has 4 heteroatoms. The van der Waals surface area contributed by atoms with Crippen molar-refractivity contribution in [2.45, 2.75) is 4.90 Å². The van der Waals surface area contributed by atoms with Crippen molar-refractivity contribution >= 4 is 10.7 Å². The van der Waals surface area contributed by atoms with E-state index < -0.39 is 10.7 Å². The minimum absolute atomic E-state index is 0.311. The van der Waals surface area contributed by atoms with Crippen LogP contribution in [0.4, 0.5) is 0 Å². The third-order valence-electron chi connectivity index (χ3n) is 2.04. The lowest BCUT2D eigenvalue weighted by molar-refractivity contribution is 0.615. The standard InChI is InChI=1S/C11H9NO2S/c13-15(14)11-7-2-1-5-9(11)10-6-3-4-8-12-10/h1-8,15H. The van der Waals surface area contributed by atoms with Crippen molar-refractivity contribution in [3.05, 3.63) is 48.7 Å². The summed E-state index contributed by atoms with van der Waals surface area (Å²) in [5.74, 6) is 0. The first kappa shape index (κ1) is 9.86. The van der Waals surface area contributed by atoms with Crippen molar-refractivity contribution in [2.24, 2.45) is 0 Å². The largest absolute Gasteiger partial charge is 0.256 e. The van der Waals surface area contributed by atoms with Crippen molar-refractivity contribution in [1.82, 2.24) is 4.98 Å². The maximum atomic E-state index is 11.0. The lowest BCUT2D eigenvalue weighted by atomic mass is 10.1. The Morgan fingerprint density at radius 1 is 0.933 bits per heavy atom. The zero-order valence-corrected chi connectivity index (χ0v) is 8.72. The smallest absolute Gasteiger partial charge is 0.168 e. The van der Waals surface area contributed by atoms with E-state index in [1.165, 1.54) is 0 Å². The number of benzene rings is 1. The van der Waals surface area contributed by atoms with Crippen LogP contribution in [0.3, 0.4) is 0 Å². The Morgan fingerprint density at radius 2 is 1.67 bits per heavy atom. The number of nitrogens with zero attached hydrogens (tertiary/aromatic N) is 1. The number of pyridine rings is 1. The van der Waals surface area contributed by atoms with Gasteiger partial charge >= 0.3 is 0 Å². The van der Waals surface area contributed by atoms with E-state index in [0.29, 0.717) is 16.2 Å². The highest BCUT2D eigenvalue weighted by Gasteiger charge is 2.06. The number of thiol groups is 1. The van der Waals surface area contributed by atoms with Gasteiger partial charge in [-0.05, 0) is 18.2 Å². The van der Waals surface area contributed by atoms with Gasteiger partial charge in [-0.15, -0.1) is 0 Å². The minimum atomic E-state index is -2.58. The molecule has 0 bridgehead atoms. The van der Waals surface area contributed by atoms with Gasteiger partial charge in [0.05, 0.1) is 10.6 Å². The van der Waals surface area contributed by atoms with Crippen molar-refractivity contribution in [2.75, 3.05) is 0 Å². The summed E-state index contributed by atoms with van der Waals surface area (Å²) < 4.78 is 22.0. The molecule has 3 nitrogen and oxygen atoms in total. The first-order valence-corrected chi connectivity index (χ1v) is 5.61. The third kappa shape index (κ3) is 2.05. The lowest BCUT2D eigenvalue weighted by Gasteiger charge is -2.02. The van der Waals surface area contributed by atoms with Gasteiger partial charge in [0, 0.05) is 11.8 Å². The monoisotopic (exact) mass is 219 g/mol. The second-order valence-corrected chi connectivity index (χ2v) is 3.99. The molecule has 0 aliphatic rings. The van der Waals surface area contributed by atoms with Gasteiger partial charge in [-0.3, -0.25) is 4.98 Å². The summed E-state index contributed by atoms with van der Waals surface area (Å²) in [5.41, 5.74) is 1.32. The fraction of sp³-hybridized carbons (Fsp3) is 0. The molecule has 0 atom stereocenters. The van der Waals surface area contributed by atoms with Crippen molar-refractivity contribution in [3.8, 4) is 11.3 Å². The molecule has 0 saturated heterocycles. The first-order valence-electron chi connectivity index (χ1n) is 4.44. The van der Waals surface area contributed by atoms with Crippen LogP contribution in [0.25, 0.3) is 11.3 Å². The molecule has 0 radical (unpaired) electrons. The number of aromatic nitrogens is 1. The van der Waals surface area contributed by atoms with E-state index in [2.05, 4.69) is 4.98 Å². The Morgan fingerprint density at radius 3 is 2.33 bits per heavy atom. The normalized spacial score (nSPS) is 10.5. The molecule has 0 aliphatic carbocycles. The van der Waals surface area contributed by atoms with Crippen LogP contribution < -0.4 is 0 Å². The molecule has 0 saturated carbocycles. The van der Waals surface area contributed by atoms with Gasteiger partial charge in [0.15, 0.2) is 10.7 Å². The highest BCUT2D eigenvalue weighted by atomic mass is 32.2. The molecule has 2 aromatic rings. The maximum absolute atomic E-state index is 11.0. The molecule has 0 unspecified atom stereocenters. The molecule has 15 heavy (non-hydrogen) atoms. The molecule has 0 amide bonds. The van der Waals surface area contributed by atoms with E-state index in [-0.39, 0.29) is 0 Å². The average Bonchev–Trinajstić information content (AvgIpc) is 2.30. The summed E-state index contributed by atoms with van der Waals surface area (Å²) in [7, 11) is -2.58. The van der Waals surface area contributed by atoms with Gasteiger partial charge < -0.3 is 0 Å². The molecular formula is C11H9NO2S. The minimum Gasteiger partial charge on any atom is -0.256 e. The van der Waals surface area contributed by atoms with Crippen LogP contribution in [0.5, 0.6) is 0 Å². The van der Waals surface area contributed by atoms with Crippen LogP contribution in [-0.4, -0.2) is 13.4 Å². The molecule has 2 rings (SSSR count). The fourth-order valence-corrected chi connectivity index (χ4v) is 1.97. The third-order valence-corrected chi connectivity index (χ3v) is 2.82. The van der Waals surface area contributed by atoms with E-state index in [0.717, 1.165) is 0 Å². The highest BCUT2D eigenvalue weighted by molar-refractivity contribution is 7.72. The average molecular weight is 219 g/mol. The Hall–Kier alpha value is -1.68. The topological polar surface area (TPSA) is 47.0 Å². The molecule has 76 valence electrons. The molecule has 0 aliphatic heterocycles. The van der Waals surface area contributed by atoms with Crippen molar-refractivity contribution in [1.29, 1.82) is 0 Å². The fourth-order valence-electron chi connectivity index (χ4n) is 1.37. The number of hydrogen-bond acceptors (Lipinski definition) is 3. The van der Waals surface area contributed by atoms with Crippen LogP contribution in [0.1, 0.15) is 0 Å². The number of hydrogen-bond donors (Lipinski definition) is 1. The Balaban J connectivity index is 2.63. The maximum Gasteiger partial charge on any atom is 0.168 e. The zero-order valence-electron chi connectivity index (χ0n) is 7.83. The molecule has 0 spiro atoms. The van der Waals surface area contributed by atoms with Gasteiger partial charge in [0.25, 0.3) is 0 Å². The molecule has 0 fully saturated rings. The SMILES string of the molecule is O=[SH](=O)c1ccccc1-c1ccccn1. The van der Waals surface area contributed by atoms with Crippen LogP contribution >= 0.6 is 0 Å².